The van der Waals surface area contributed by atoms with Crippen molar-refractivity contribution in [3.05, 3.63) is 155 Å². The molecule has 0 radical (unpaired) electrons. The monoisotopic (exact) mass is 568 g/mol. The first kappa shape index (κ1) is 32.9. The lowest BCUT2D eigenvalue weighted by atomic mass is 10.1. The fourth-order valence-electron chi connectivity index (χ4n) is 4.76. The molecule has 0 unspecified atom stereocenters. The lowest BCUT2D eigenvalue weighted by Gasteiger charge is -2.23. The zero-order valence-electron chi connectivity index (χ0n) is 27.1. The average Bonchev–Trinajstić information content (AvgIpc) is 3.31. The van der Waals surface area contributed by atoms with Crippen molar-refractivity contribution in [2.24, 2.45) is 0 Å². The van der Waals surface area contributed by atoms with E-state index in [4.69, 9.17) is 0 Å². The second-order valence-corrected chi connectivity index (χ2v) is 10.3. The van der Waals surface area contributed by atoms with Gasteiger partial charge in [0.2, 0.25) is 0 Å². The van der Waals surface area contributed by atoms with Gasteiger partial charge >= 0.3 is 0 Å². The minimum atomic E-state index is 0.850. The molecule has 1 aliphatic rings. The predicted molar refractivity (Wildman–Crippen MR) is 193 cm³/mol. The number of anilines is 2. The van der Waals surface area contributed by atoms with Crippen molar-refractivity contribution in [3.63, 3.8) is 0 Å². The Labute approximate surface area is 260 Å². The van der Waals surface area contributed by atoms with Crippen LogP contribution in [0.1, 0.15) is 53.0 Å². The van der Waals surface area contributed by atoms with E-state index in [2.05, 4.69) is 184 Å². The number of rotatable bonds is 6. The van der Waals surface area contributed by atoms with Gasteiger partial charge in [-0.1, -0.05) is 131 Å². The van der Waals surface area contributed by atoms with Crippen molar-refractivity contribution < 1.29 is 0 Å². The third-order valence-corrected chi connectivity index (χ3v) is 6.99. The molecular formula is C41H48N2. The van der Waals surface area contributed by atoms with Gasteiger partial charge in [0.15, 0.2) is 0 Å². The molecule has 0 spiro atoms. The first-order valence-electron chi connectivity index (χ1n) is 15.6. The second-order valence-electron chi connectivity index (χ2n) is 10.3. The molecule has 0 saturated heterocycles. The van der Waals surface area contributed by atoms with Gasteiger partial charge in [-0.2, -0.15) is 0 Å². The van der Waals surface area contributed by atoms with Gasteiger partial charge in [-0.15, -0.1) is 0 Å². The fourth-order valence-corrected chi connectivity index (χ4v) is 4.76. The van der Waals surface area contributed by atoms with E-state index in [1.165, 1.54) is 44.6 Å². The molecule has 0 heterocycles. The Morgan fingerprint density at radius 3 is 1.98 bits per heavy atom. The minimum absolute atomic E-state index is 0.850. The van der Waals surface area contributed by atoms with Crippen LogP contribution in [0.4, 0.5) is 11.4 Å². The van der Waals surface area contributed by atoms with Crippen LogP contribution >= 0.6 is 0 Å². The van der Waals surface area contributed by atoms with Gasteiger partial charge in [0.1, 0.15) is 0 Å². The minimum Gasteiger partial charge on any atom is -0.345 e. The first-order valence-corrected chi connectivity index (χ1v) is 15.6. The average molecular weight is 569 g/mol. The van der Waals surface area contributed by atoms with Crippen molar-refractivity contribution in [2.45, 2.75) is 54.4 Å². The molecule has 0 saturated carbocycles. The van der Waals surface area contributed by atoms with Crippen molar-refractivity contribution >= 4 is 34.3 Å². The Bertz CT molecular complexity index is 1680. The number of hydrogen-bond donors (Lipinski definition) is 0. The van der Waals surface area contributed by atoms with Gasteiger partial charge in [-0.05, 0) is 84.0 Å². The first-order chi connectivity index (χ1) is 21.0. The molecule has 0 bridgehead atoms. The predicted octanol–water partition coefficient (Wildman–Crippen LogP) is 10.1. The van der Waals surface area contributed by atoms with E-state index in [0.717, 1.165) is 17.8 Å². The SMILES string of the molecule is C/C=c1/cccc/c1=C/C=C/N(C1=CCC=C(N(C)c2ccc(C)cc2)C=C1)c1ccc2ccccc2c1.CC.CCC. The smallest absolute Gasteiger partial charge is 0.0461 e. The number of aryl methyl sites for hydroxylation is 1. The van der Waals surface area contributed by atoms with Crippen LogP contribution in [-0.4, -0.2) is 7.05 Å². The normalized spacial score (nSPS) is 13.4. The summed E-state index contributed by atoms with van der Waals surface area (Å²) in [5.74, 6) is 0. The highest BCUT2D eigenvalue weighted by Crippen LogP contribution is 2.28. The number of allylic oxidation sites excluding steroid dienone is 5. The number of nitrogens with zero attached hydrogens (tertiary/aromatic N) is 2. The summed E-state index contributed by atoms with van der Waals surface area (Å²) in [5, 5.41) is 4.91. The molecule has 0 atom stereocenters. The Morgan fingerprint density at radius 1 is 0.698 bits per heavy atom. The highest BCUT2D eigenvalue weighted by atomic mass is 15.1. The number of benzene rings is 4. The van der Waals surface area contributed by atoms with Crippen LogP contribution in [0.2, 0.25) is 0 Å². The molecule has 1 aliphatic carbocycles. The lowest BCUT2D eigenvalue weighted by molar-refractivity contribution is 1.09. The van der Waals surface area contributed by atoms with Gasteiger partial charge < -0.3 is 9.80 Å². The largest absolute Gasteiger partial charge is 0.345 e. The molecule has 222 valence electrons. The Balaban J connectivity index is 0.000000953. The number of likely N-dealkylation sites (N-methyl/N-ethyl adjacent to an activating group) is 1. The van der Waals surface area contributed by atoms with E-state index < -0.39 is 0 Å². The van der Waals surface area contributed by atoms with Gasteiger partial charge in [0.25, 0.3) is 0 Å². The van der Waals surface area contributed by atoms with Crippen LogP contribution in [0.25, 0.3) is 22.9 Å². The number of hydrogen-bond acceptors (Lipinski definition) is 2. The summed E-state index contributed by atoms with van der Waals surface area (Å²) >= 11 is 0. The van der Waals surface area contributed by atoms with Crippen LogP contribution < -0.4 is 20.2 Å². The van der Waals surface area contributed by atoms with Crippen LogP contribution in [0.5, 0.6) is 0 Å². The Hall–Kier alpha value is -4.56. The summed E-state index contributed by atoms with van der Waals surface area (Å²) in [4.78, 5) is 4.52. The van der Waals surface area contributed by atoms with Gasteiger partial charge in [-0.25, -0.2) is 0 Å². The molecule has 2 nitrogen and oxygen atoms in total. The van der Waals surface area contributed by atoms with Gasteiger partial charge in [-0.3, -0.25) is 0 Å². The molecule has 0 fully saturated rings. The summed E-state index contributed by atoms with van der Waals surface area (Å²) in [7, 11) is 2.13. The van der Waals surface area contributed by atoms with Crippen molar-refractivity contribution in [1.29, 1.82) is 0 Å². The van der Waals surface area contributed by atoms with E-state index >= 15 is 0 Å². The topological polar surface area (TPSA) is 6.48 Å². The molecule has 0 aromatic heterocycles. The second kappa shape index (κ2) is 17.4. The molecule has 4 aromatic carbocycles. The van der Waals surface area contributed by atoms with Crippen LogP contribution in [-0.2, 0) is 0 Å². The van der Waals surface area contributed by atoms with E-state index in [1.54, 1.807) is 0 Å². The summed E-state index contributed by atoms with van der Waals surface area (Å²) in [5.41, 5.74) is 5.91. The lowest BCUT2D eigenvalue weighted by Crippen LogP contribution is -2.22. The Morgan fingerprint density at radius 2 is 1.28 bits per heavy atom. The third kappa shape index (κ3) is 9.21. The summed E-state index contributed by atoms with van der Waals surface area (Å²) in [6, 6.07) is 32.3. The maximum atomic E-state index is 2.29. The zero-order valence-corrected chi connectivity index (χ0v) is 27.1. The third-order valence-electron chi connectivity index (χ3n) is 6.99. The van der Waals surface area contributed by atoms with Crippen LogP contribution in [0.3, 0.4) is 0 Å². The van der Waals surface area contributed by atoms with E-state index in [0.29, 0.717) is 0 Å². The van der Waals surface area contributed by atoms with Gasteiger partial charge in [0, 0.05) is 36.0 Å². The molecule has 5 rings (SSSR count). The zero-order chi connectivity index (χ0) is 31.0. The standard InChI is InChI=1S/C36H34N2.C3H8.C2H6/c1-4-29-11-5-6-12-30(29)15-10-26-38(36-23-20-31-13-7-8-14-32(31)27-36)35-17-9-16-33(24-25-35)37(3)34-21-18-28(2)19-22-34;1-3-2;1-2/h4-8,10-27H,9H2,1-3H3;3H2,1-2H3;1-2H3/b26-10+,29-4-,30-15-;;. The van der Waals surface area contributed by atoms with E-state index in [-0.39, 0.29) is 0 Å². The van der Waals surface area contributed by atoms with Crippen LogP contribution in [0, 0.1) is 6.92 Å². The fraction of sp³-hybridized carbons (Fsp3) is 0.220. The highest BCUT2D eigenvalue weighted by molar-refractivity contribution is 5.86. The molecule has 0 amide bonds. The maximum absolute atomic E-state index is 2.29. The summed E-state index contributed by atoms with van der Waals surface area (Å²) in [6.07, 6.45) is 19.7. The van der Waals surface area contributed by atoms with Crippen molar-refractivity contribution in [3.8, 4) is 0 Å². The number of fused-ring (bicyclic) bond motifs is 1. The summed E-state index contributed by atoms with van der Waals surface area (Å²) < 4.78 is 0. The molecule has 2 heteroatoms. The summed E-state index contributed by atoms with van der Waals surface area (Å²) in [6.45, 7) is 12.5. The molecule has 4 aromatic rings. The van der Waals surface area contributed by atoms with E-state index in [1.807, 2.05) is 13.8 Å². The molecule has 43 heavy (non-hydrogen) atoms. The molecular weight excluding hydrogens is 520 g/mol. The van der Waals surface area contributed by atoms with Crippen molar-refractivity contribution in [1.82, 2.24) is 0 Å². The maximum Gasteiger partial charge on any atom is 0.0461 e. The highest BCUT2D eigenvalue weighted by Gasteiger charge is 2.12. The van der Waals surface area contributed by atoms with Gasteiger partial charge in [0.05, 0.1) is 0 Å². The molecule has 0 aliphatic heterocycles. The van der Waals surface area contributed by atoms with Crippen LogP contribution in [0.15, 0.2) is 139 Å². The molecule has 0 N–H and O–H groups in total. The van der Waals surface area contributed by atoms with E-state index in [9.17, 15) is 0 Å². The Kier molecular flexibility index (Phi) is 13.3. The quantitative estimate of drug-likeness (QED) is 0.228. The van der Waals surface area contributed by atoms with Crippen molar-refractivity contribution in [2.75, 3.05) is 16.8 Å².